The summed E-state index contributed by atoms with van der Waals surface area (Å²) in [7, 11) is 0. The maximum absolute atomic E-state index is 12.0. The summed E-state index contributed by atoms with van der Waals surface area (Å²) in [4.78, 5) is 13.7. The SMILES string of the molecule is CCC1(O)CN(C(=O)C(C)(N)C2CC2)C1. The summed E-state index contributed by atoms with van der Waals surface area (Å²) in [5.41, 5.74) is 4.66. The summed E-state index contributed by atoms with van der Waals surface area (Å²) in [5, 5.41) is 9.82. The van der Waals surface area contributed by atoms with Crippen molar-refractivity contribution in [1.29, 1.82) is 0 Å². The van der Waals surface area contributed by atoms with Gasteiger partial charge in [0.2, 0.25) is 5.91 Å². The fourth-order valence-corrected chi connectivity index (χ4v) is 2.23. The van der Waals surface area contributed by atoms with Crippen LogP contribution in [0.2, 0.25) is 0 Å². The van der Waals surface area contributed by atoms with Gasteiger partial charge in [-0.05, 0) is 32.1 Å². The van der Waals surface area contributed by atoms with Gasteiger partial charge in [0.05, 0.1) is 24.2 Å². The van der Waals surface area contributed by atoms with E-state index in [1.165, 1.54) is 0 Å². The Morgan fingerprint density at radius 3 is 2.53 bits per heavy atom. The normalized spacial score (nSPS) is 28.1. The van der Waals surface area contributed by atoms with Crippen LogP contribution in [0.5, 0.6) is 0 Å². The molecule has 0 aromatic heterocycles. The summed E-state index contributed by atoms with van der Waals surface area (Å²) in [6, 6.07) is 0. The second-order valence-corrected chi connectivity index (χ2v) is 5.30. The molecule has 2 rings (SSSR count). The predicted octanol–water partition coefficient (Wildman–Crippen LogP) is 0.0971. The number of nitrogens with two attached hydrogens (primary N) is 1. The molecule has 1 unspecified atom stereocenters. The van der Waals surface area contributed by atoms with Crippen molar-refractivity contribution in [1.82, 2.24) is 4.90 Å². The van der Waals surface area contributed by atoms with Crippen LogP contribution in [0, 0.1) is 5.92 Å². The third-order valence-electron chi connectivity index (χ3n) is 3.80. The molecule has 1 aliphatic heterocycles. The van der Waals surface area contributed by atoms with Gasteiger partial charge >= 0.3 is 0 Å². The Balaban J connectivity index is 1.93. The Morgan fingerprint density at radius 1 is 1.60 bits per heavy atom. The van der Waals surface area contributed by atoms with E-state index in [9.17, 15) is 9.90 Å². The summed E-state index contributed by atoms with van der Waals surface area (Å²) < 4.78 is 0. The van der Waals surface area contributed by atoms with Gasteiger partial charge in [-0.2, -0.15) is 0 Å². The van der Waals surface area contributed by atoms with Crippen LogP contribution in [-0.2, 0) is 4.79 Å². The van der Waals surface area contributed by atoms with E-state index in [4.69, 9.17) is 5.73 Å². The van der Waals surface area contributed by atoms with Crippen molar-refractivity contribution in [2.24, 2.45) is 11.7 Å². The molecule has 1 saturated heterocycles. The Labute approximate surface area is 90.4 Å². The highest BCUT2D eigenvalue weighted by Gasteiger charge is 2.51. The molecule has 1 amide bonds. The average Bonchev–Trinajstić information content (AvgIpc) is 2.94. The first-order valence-electron chi connectivity index (χ1n) is 5.70. The molecular formula is C11H20N2O2. The molecule has 1 aliphatic carbocycles. The molecule has 0 radical (unpaired) electrons. The van der Waals surface area contributed by atoms with Crippen LogP contribution in [0.25, 0.3) is 0 Å². The number of hydrogen-bond acceptors (Lipinski definition) is 3. The molecule has 1 saturated carbocycles. The van der Waals surface area contributed by atoms with Gasteiger partial charge in [0.25, 0.3) is 0 Å². The second-order valence-electron chi connectivity index (χ2n) is 5.30. The van der Waals surface area contributed by atoms with Crippen molar-refractivity contribution in [2.75, 3.05) is 13.1 Å². The van der Waals surface area contributed by atoms with Crippen LogP contribution in [0.15, 0.2) is 0 Å². The number of likely N-dealkylation sites (tertiary alicyclic amines) is 1. The molecule has 15 heavy (non-hydrogen) atoms. The largest absolute Gasteiger partial charge is 0.386 e. The Bertz CT molecular complexity index is 278. The lowest BCUT2D eigenvalue weighted by molar-refractivity contribution is -0.161. The van der Waals surface area contributed by atoms with E-state index in [0.29, 0.717) is 25.4 Å². The molecule has 2 fully saturated rings. The third-order valence-corrected chi connectivity index (χ3v) is 3.80. The minimum Gasteiger partial charge on any atom is -0.386 e. The first-order chi connectivity index (χ1) is 6.89. The number of carbonyl (C=O) groups is 1. The highest BCUT2D eigenvalue weighted by molar-refractivity contribution is 5.87. The smallest absolute Gasteiger partial charge is 0.242 e. The minimum absolute atomic E-state index is 0.00289. The van der Waals surface area contributed by atoms with Crippen LogP contribution in [-0.4, -0.2) is 40.1 Å². The van der Waals surface area contributed by atoms with E-state index in [1.54, 1.807) is 4.90 Å². The second kappa shape index (κ2) is 3.19. The lowest BCUT2D eigenvalue weighted by atomic mass is 9.87. The van der Waals surface area contributed by atoms with Gasteiger partial charge in [0.15, 0.2) is 0 Å². The van der Waals surface area contributed by atoms with Crippen LogP contribution < -0.4 is 5.73 Å². The van der Waals surface area contributed by atoms with Crippen molar-refractivity contribution in [3.8, 4) is 0 Å². The number of amides is 1. The van der Waals surface area contributed by atoms with Gasteiger partial charge in [0, 0.05) is 0 Å². The number of aliphatic hydroxyl groups is 1. The Morgan fingerprint density at radius 2 is 2.13 bits per heavy atom. The van der Waals surface area contributed by atoms with Crippen LogP contribution >= 0.6 is 0 Å². The molecule has 4 heteroatoms. The molecule has 0 aromatic carbocycles. The average molecular weight is 212 g/mol. The fraction of sp³-hybridized carbons (Fsp3) is 0.909. The lowest BCUT2D eigenvalue weighted by Gasteiger charge is -2.48. The summed E-state index contributed by atoms with van der Waals surface area (Å²) >= 11 is 0. The van der Waals surface area contributed by atoms with Gasteiger partial charge in [0.1, 0.15) is 0 Å². The number of carbonyl (C=O) groups excluding carboxylic acids is 1. The summed E-state index contributed by atoms with van der Waals surface area (Å²) in [6.45, 7) is 4.64. The van der Waals surface area contributed by atoms with Gasteiger partial charge < -0.3 is 15.7 Å². The van der Waals surface area contributed by atoms with E-state index in [2.05, 4.69) is 0 Å². The molecule has 2 aliphatic rings. The number of β-amino-alcohol motifs (C(OH)–C–C–N with tert-alkyl or cyclic N) is 1. The standard InChI is InChI=1S/C11H20N2O2/c1-3-11(15)6-13(7-11)9(14)10(2,12)8-4-5-8/h8,15H,3-7,12H2,1-2H3. The van der Waals surface area contributed by atoms with Crippen molar-refractivity contribution in [3.63, 3.8) is 0 Å². The molecule has 1 atom stereocenters. The quantitative estimate of drug-likeness (QED) is 0.697. The molecule has 0 bridgehead atoms. The summed E-state index contributed by atoms with van der Waals surface area (Å²) in [6.07, 6.45) is 2.82. The van der Waals surface area contributed by atoms with Gasteiger partial charge in [-0.1, -0.05) is 6.92 Å². The van der Waals surface area contributed by atoms with Crippen LogP contribution in [0.4, 0.5) is 0 Å². The Kier molecular flexibility index (Phi) is 2.32. The van der Waals surface area contributed by atoms with E-state index in [0.717, 1.165) is 12.8 Å². The lowest BCUT2D eigenvalue weighted by Crippen LogP contribution is -2.68. The predicted molar refractivity (Wildman–Crippen MR) is 57.1 cm³/mol. The monoisotopic (exact) mass is 212 g/mol. The first kappa shape index (κ1) is 10.9. The topological polar surface area (TPSA) is 66.6 Å². The third kappa shape index (κ3) is 1.76. The molecule has 1 heterocycles. The zero-order chi connectivity index (χ0) is 11.3. The van der Waals surface area contributed by atoms with E-state index < -0.39 is 11.1 Å². The van der Waals surface area contributed by atoms with Crippen LogP contribution in [0.1, 0.15) is 33.1 Å². The zero-order valence-electron chi connectivity index (χ0n) is 9.49. The van der Waals surface area contributed by atoms with E-state index in [-0.39, 0.29) is 5.91 Å². The summed E-state index contributed by atoms with van der Waals surface area (Å²) in [5.74, 6) is 0.350. The maximum atomic E-state index is 12.0. The van der Waals surface area contributed by atoms with Crippen molar-refractivity contribution in [3.05, 3.63) is 0 Å². The van der Waals surface area contributed by atoms with Crippen molar-refractivity contribution < 1.29 is 9.90 Å². The molecular weight excluding hydrogens is 192 g/mol. The number of rotatable bonds is 3. The van der Waals surface area contributed by atoms with Crippen molar-refractivity contribution >= 4 is 5.91 Å². The molecule has 3 N–H and O–H groups in total. The highest BCUT2D eigenvalue weighted by atomic mass is 16.3. The van der Waals surface area contributed by atoms with E-state index >= 15 is 0 Å². The number of hydrogen-bond donors (Lipinski definition) is 2. The number of nitrogens with zero attached hydrogens (tertiary/aromatic N) is 1. The van der Waals surface area contributed by atoms with Gasteiger partial charge in [-0.3, -0.25) is 4.79 Å². The molecule has 4 nitrogen and oxygen atoms in total. The molecule has 86 valence electrons. The fourth-order valence-electron chi connectivity index (χ4n) is 2.23. The van der Waals surface area contributed by atoms with E-state index in [1.807, 2.05) is 13.8 Å². The first-order valence-corrected chi connectivity index (χ1v) is 5.70. The molecule has 0 aromatic rings. The molecule has 0 spiro atoms. The highest BCUT2D eigenvalue weighted by Crippen LogP contribution is 2.40. The van der Waals surface area contributed by atoms with Crippen molar-refractivity contribution in [2.45, 2.75) is 44.2 Å². The minimum atomic E-state index is -0.713. The van der Waals surface area contributed by atoms with Crippen LogP contribution in [0.3, 0.4) is 0 Å². The van der Waals surface area contributed by atoms with Gasteiger partial charge in [-0.15, -0.1) is 0 Å². The van der Waals surface area contributed by atoms with Gasteiger partial charge in [-0.25, -0.2) is 0 Å². The zero-order valence-corrected chi connectivity index (χ0v) is 9.49. The maximum Gasteiger partial charge on any atom is 0.242 e. The Hall–Kier alpha value is -0.610.